The third-order valence-electron chi connectivity index (χ3n) is 3.82. The number of nitrogens with one attached hydrogen (secondary N) is 1. The lowest BCUT2D eigenvalue weighted by atomic mass is 10.1. The van der Waals surface area contributed by atoms with Gasteiger partial charge in [-0.15, -0.1) is 0 Å². The first kappa shape index (κ1) is 19.1. The van der Waals surface area contributed by atoms with Gasteiger partial charge in [-0.05, 0) is 18.2 Å². The van der Waals surface area contributed by atoms with E-state index in [9.17, 15) is 24.5 Å². The highest BCUT2D eigenvalue weighted by Crippen LogP contribution is 2.33. The van der Waals surface area contributed by atoms with E-state index in [4.69, 9.17) is 16.0 Å². The third-order valence-corrected chi connectivity index (χ3v) is 4.15. The van der Waals surface area contributed by atoms with Crippen molar-refractivity contribution in [3.63, 3.8) is 0 Å². The van der Waals surface area contributed by atoms with Crippen LogP contribution in [-0.4, -0.2) is 41.4 Å². The topological polar surface area (TPSA) is 132 Å². The Morgan fingerprint density at radius 1 is 1.36 bits per heavy atom. The molecule has 2 heterocycles. The maximum Gasteiger partial charge on any atom is 0.329 e. The van der Waals surface area contributed by atoms with Gasteiger partial charge in [0.1, 0.15) is 23.8 Å². The molecule has 1 aliphatic rings. The van der Waals surface area contributed by atoms with E-state index in [1.165, 1.54) is 36.4 Å². The van der Waals surface area contributed by atoms with Crippen molar-refractivity contribution < 1.29 is 28.5 Å². The number of non-ortho nitro benzene ring substituents is 1. The number of amides is 3. The van der Waals surface area contributed by atoms with Gasteiger partial charge in [0.15, 0.2) is 0 Å². The Hall–Kier alpha value is -3.66. The van der Waals surface area contributed by atoms with Gasteiger partial charge in [-0.2, -0.15) is 0 Å². The molecule has 1 saturated heterocycles. The van der Waals surface area contributed by atoms with Crippen LogP contribution in [0.4, 0.5) is 10.5 Å². The zero-order valence-corrected chi connectivity index (χ0v) is 15.1. The molecule has 11 heteroatoms. The number of nitro benzene ring substituents is 1. The minimum atomic E-state index is -0.768. The van der Waals surface area contributed by atoms with Gasteiger partial charge in [-0.3, -0.25) is 19.7 Å². The van der Waals surface area contributed by atoms with E-state index in [2.05, 4.69) is 10.1 Å². The van der Waals surface area contributed by atoms with Crippen LogP contribution in [0.25, 0.3) is 17.4 Å². The standard InChI is InChI=1S/C17H12ClN3O7/c1-27-15(22)8-20-16(23)13(19-17(20)24)7-10-3-5-14(28-10)11-6-9(21(25)26)2-4-12(11)18/h2-7H,8H2,1H3,(H,19,24)/b13-7+. The second kappa shape index (κ2) is 7.53. The van der Waals surface area contributed by atoms with Crippen LogP contribution in [0.1, 0.15) is 5.76 Å². The highest BCUT2D eigenvalue weighted by Gasteiger charge is 2.35. The van der Waals surface area contributed by atoms with Crippen molar-refractivity contribution in [2.24, 2.45) is 0 Å². The Morgan fingerprint density at radius 3 is 2.79 bits per heavy atom. The summed E-state index contributed by atoms with van der Waals surface area (Å²) in [6.07, 6.45) is 1.27. The largest absolute Gasteiger partial charge is 0.468 e. The number of carbonyl (C=O) groups excluding carboxylic acids is 3. The number of nitro groups is 1. The van der Waals surface area contributed by atoms with E-state index >= 15 is 0 Å². The van der Waals surface area contributed by atoms with E-state index in [1.807, 2.05) is 0 Å². The van der Waals surface area contributed by atoms with E-state index in [1.54, 1.807) is 0 Å². The van der Waals surface area contributed by atoms with Gasteiger partial charge in [-0.1, -0.05) is 11.6 Å². The fourth-order valence-electron chi connectivity index (χ4n) is 2.44. The molecule has 0 atom stereocenters. The molecule has 28 heavy (non-hydrogen) atoms. The van der Waals surface area contributed by atoms with Crippen LogP contribution in [0.2, 0.25) is 5.02 Å². The maximum atomic E-state index is 12.3. The van der Waals surface area contributed by atoms with Crippen LogP contribution in [0, 0.1) is 10.1 Å². The van der Waals surface area contributed by atoms with Crippen LogP contribution >= 0.6 is 11.6 Å². The number of esters is 1. The number of methoxy groups -OCH3 is 1. The molecule has 1 fully saturated rings. The Balaban J connectivity index is 1.86. The molecule has 0 saturated carbocycles. The van der Waals surface area contributed by atoms with E-state index < -0.39 is 29.4 Å². The van der Waals surface area contributed by atoms with Crippen molar-refractivity contribution in [3.8, 4) is 11.3 Å². The molecule has 3 amide bonds. The molecule has 1 aromatic heterocycles. The van der Waals surface area contributed by atoms with Gasteiger partial charge in [0.2, 0.25) is 0 Å². The maximum absolute atomic E-state index is 12.3. The number of urea groups is 1. The summed E-state index contributed by atoms with van der Waals surface area (Å²) in [4.78, 5) is 46.5. The summed E-state index contributed by atoms with van der Waals surface area (Å²) >= 11 is 6.08. The number of carbonyl (C=O) groups is 3. The van der Waals surface area contributed by atoms with Crippen molar-refractivity contribution in [1.29, 1.82) is 0 Å². The van der Waals surface area contributed by atoms with Crippen LogP contribution in [0.5, 0.6) is 0 Å². The number of furan rings is 1. The molecule has 1 aromatic carbocycles. The molecular weight excluding hydrogens is 394 g/mol. The monoisotopic (exact) mass is 405 g/mol. The normalized spacial score (nSPS) is 15.1. The molecule has 144 valence electrons. The zero-order valence-electron chi connectivity index (χ0n) is 14.3. The predicted molar refractivity (Wildman–Crippen MR) is 96.0 cm³/mol. The fourth-order valence-corrected chi connectivity index (χ4v) is 2.65. The van der Waals surface area contributed by atoms with E-state index in [0.29, 0.717) is 10.5 Å². The zero-order chi connectivity index (χ0) is 20.4. The molecule has 0 unspecified atom stereocenters. The minimum Gasteiger partial charge on any atom is -0.468 e. The minimum absolute atomic E-state index is 0.0973. The van der Waals surface area contributed by atoms with Crippen LogP contribution < -0.4 is 5.32 Å². The third kappa shape index (κ3) is 3.71. The summed E-state index contributed by atoms with van der Waals surface area (Å²) in [5, 5.41) is 13.5. The fraction of sp³-hybridized carbons (Fsp3) is 0.118. The van der Waals surface area contributed by atoms with Crippen LogP contribution in [-0.2, 0) is 14.3 Å². The molecule has 1 N–H and O–H groups in total. The number of hydrogen-bond donors (Lipinski definition) is 1. The van der Waals surface area contributed by atoms with Crippen LogP contribution in [0.15, 0.2) is 40.4 Å². The number of imide groups is 1. The summed E-state index contributed by atoms with van der Waals surface area (Å²) in [7, 11) is 1.14. The van der Waals surface area contributed by atoms with E-state index in [0.717, 1.165) is 7.11 Å². The smallest absolute Gasteiger partial charge is 0.329 e. The van der Waals surface area contributed by atoms with E-state index in [-0.39, 0.29) is 27.9 Å². The van der Waals surface area contributed by atoms with Crippen molar-refractivity contribution >= 4 is 41.3 Å². The lowest BCUT2D eigenvalue weighted by Gasteiger charge is -2.08. The molecule has 0 radical (unpaired) electrons. The lowest BCUT2D eigenvalue weighted by molar-refractivity contribution is -0.384. The predicted octanol–water partition coefficient (Wildman–Crippen LogP) is 2.57. The number of hydrogen-bond acceptors (Lipinski definition) is 7. The average Bonchev–Trinajstić information content (AvgIpc) is 3.22. The van der Waals surface area contributed by atoms with Gasteiger partial charge in [-0.25, -0.2) is 9.69 Å². The van der Waals surface area contributed by atoms with Crippen LogP contribution in [0.3, 0.4) is 0 Å². The van der Waals surface area contributed by atoms with Crippen molar-refractivity contribution in [2.45, 2.75) is 0 Å². The molecule has 10 nitrogen and oxygen atoms in total. The molecule has 0 aliphatic carbocycles. The van der Waals surface area contributed by atoms with Crippen molar-refractivity contribution in [3.05, 3.63) is 56.9 Å². The summed E-state index contributed by atoms with van der Waals surface area (Å²) < 4.78 is 10.0. The Bertz CT molecular complexity index is 1030. The van der Waals surface area contributed by atoms with Gasteiger partial charge in [0.25, 0.3) is 11.6 Å². The SMILES string of the molecule is COC(=O)CN1C(=O)N/C(=C/c2ccc(-c3cc([N+](=O)[O-])ccc3Cl)o2)C1=O. The molecular formula is C17H12ClN3O7. The van der Waals surface area contributed by atoms with Crippen molar-refractivity contribution in [1.82, 2.24) is 10.2 Å². The van der Waals surface area contributed by atoms with Gasteiger partial charge in [0, 0.05) is 23.8 Å². The number of rotatable bonds is 5. The van der Waals surface area contributed by atoms with Gasteiger partial charge < -0.3 is 14.5 Å². The Morgan fingerprint density at radius 2 is 2.11 bits per heavy atom. The van der Waals surface area contributed by atoms with Gasteiger partial charge in [0.05, 0.1) is 17.1 Å². The molecule has 2 aromatic rings. The molecule has 0 spiro atoms. The number of ether oxygens (including phenoxy) is 1. The number of nitrogens with zero attached hydrogens (tertiary/aromatic N) is 2. The summed E-state index contributed by atoms with van der Waals surface area (Å²) in [6, 6.07) is 6.15. The number of benzene rings is 1. The summed E-state index contributed by atoms with van der Waals surface area (Å²) in [5.41, 5.74) is 0.0435. The first-order valence-corrected chi connectivity index (χ1v) is 8.13. The lowest BCUT2D eigenvalue weighted by Crippen LogP contribution is -2.36. The molecule has 3 rings (SSSR count). The average molecular weight is 406 g/mol. The molecule has 1 aliphatic heterocycles. The van der Waals surface area contributed by atoms with Gasteiger partial charge >= 0.3 is 12.0 Å². The second-order valence-electron chi connectivity index (χ2n) is 5.58. The highest BCUT2D eigenvalue weighted by atomic mass is 35.5. The first-order valence-electron chi connectivity index (χ1n) is 7.75. The quantitative estimate of drug-likeness (QED) is 0.266. The van der Waals surface area contributed by atoms with Crippen molar-refractivity contribution in [2.75, 3.05) is 13.7 Å². The Labute approximate surface area is 162 Å². The highest BCUT2D eigenvalue weighted by molar-refractivity contribution is 6.33. The number of halogens is 1. The Kier molecular flexibility index (Phi) is 5.14. The molecule has 0 bridgehead atoms. The summed E-state index contributed by atoms with van der Waals surface area (Å²) in [5.74, 6) is -1.03. The second-order valence-corrected chi connectivity index (χ2v) is 5.99. The first-order chi connectivity index (χ1) is 13.3. The summed E-state index contributed by atoms with van der Waals surface area (Å²) in [6.45, 7) is -0.523.